The van der Waals surface area contributed by atoms with Gasteiger partial charge in [0.15, 0.2) is 0 Å². The fourth-order valence-electron chi connectivity index (χ4n) is 1.89. The molecule has 8 nitrogen and oxygen atoms in total. The number of aromatic nitrogens is 2. The Morgan fingerprint density at radius 3 is 2.57 bits per heavy atom. The smallest absolute Gasteiger partial charge is 0.335 e. The lowest BCUT2D eigenvalue weighted by molar-refractivity contribution is 0.0697. The molecule has 0 aliphatic carbocycles. The lowest BCUT2D eigenvalue weighted by Crippen LogP contribution is -2.37. The van der Waals surface area contributed by atoms with Crippen LogP contribution in [0.15, 0.2) is 27.8 Å². The first-order valence-electron chi connectivity index (χ1n) is 5.87. The summed E-state index contributed by atoms with van der Waals surface area (Å²) in [6.07, 6.45) is 1.02. The van der Waals surface area contributed by atoms with Crippen molar-refractivity contribution in [2.75, 3.05) is 12.0 Å². The van der Waals surface area contributed by atoms with Gasteiger partial charge in [-0.15, -0.1) is 0 Å². The van der Waals surface area contributed by atoms with Gasteiger partial charge in [0.25, 0.3) is 0 Å². The van der Waals surface area contributed by atoms with Gasteiger partial charge in [-0.2, -0.15) is 0 Å². The van der Waals surface area contributed by atoms with E-state index in [1.165, 1.54) is 18.2 Å². The van der Waals surface area contributed by atoms with Crippen LogP contribution >= 0.6 is 0 Å². The Labute approximate surface area is 118 Å². The number of aromatic carboxylic acids is 1. The third kappa shape index (κ3) is 3.19. The Balaban J connectivity index is 2.68. The number of hydrogen-bond acceptors (Lipinski definition) is 5. The molecule has 9 heteroatoms. The van der Waals surface area contributed by atoms with E-state index in [4.69, 9.17) is 5.11 Å². The van der Waals surface area contributed by atoms with Crippen molar-refractivity contribution in [1.82, 2.24) is 9.55 Å². The predicted molar refractivity (Wildman–Crippen MR) is 75.5 cm³/mol. The molecule has 21 heavy (non-hydrogen) atoms. The first-order valence-corrected chi connectivity index (χ1v) is 7.93. The van der Waals surface area contributed by atoms with E-state index in [9.17, 15) is 22.8 Å². The van der Waals surface area contributed by atoms with Gasteiger partial charge in [0.05, 0.1) is 22.3 Å². The second-order valence-electron chi connectivity index (χ2n) is 4.58. The average molecular weight is 312 g/mol. The maximum Gasteiger partial charge on any atom is 0.335 e. The molecule has 0 fully saturated rings. The van der Waals surface area contributed by atoms with Crippen LogP contribution in [0.2, 0.25) is 0 Å². The van der Waals surface area contributed by atoms with Crippen LogP contribution < -0.4 is 11.1 Å². The summed E-state index contributed by atoms with van der Waals surface area (Å²) in [5.74, 6) is -1.47. The van der Waals surface area contributed by atoms with Gasteiger partial charge in [0.2, 0.25) is 0 Å². The highest BCUT2D eigenvalue weighted by molar-refractivity contribution is 7.90. The molecule has 0 saturated heterocycles. The minimum Gasteiger partial charge on any atom is -0.478 e. The number of rotatable bonds is 4. The Hall–Kier alpha value is -2.42. The number of benzene rings is 1. The maximum atomic E-state index is 11.8. The Morgan fingerprint density at radius 2 is 2.00 bits per heavy atom. The predicted octanol–water partition coefficient (Wildman–Crippen LogP) is -0.567. The summed E-state index contributed by atoms with van der Waals surface area (Å²) in [5, 5.41) is 8.91. The monoisotopic (exact) mass is 312 g/mol. The van der Waals surface area contributed by atoms with Crippen LogP contribution in [0, 0.1) is 0 Å². The van der Waals surface area contributed by atoms with E-state index in [1.807, 2.05) is 0 Å². The standard InChI is InChI=1S/C12H12N2O6S/c1-21(19,20)5-4-14-9-3-2-7(12(17)18)6-8(9)13-10(15)11(14)16/h2-3,6H,4-5H2,1H3,(H,13,15)(H,17,18). The fraction of sp³-hybridized carbons (Fsp3) is 0.250. The van der Waals surface area contributed by atoms with E-state index >= 15 is 0 Å². The van der Waals surface area contributed by atoms with Gasteiger partial charge in [0.1, 0.15) is 9.84 Å². The van der Waals surface area contributed by atoms with Crippen molar-refractivity contribution in [3.05, 3.63) is 44.5 Å². The number of sulfone groups is 1. The molecule has 0 aliphatic heterocycles. The first-order chi connectivity index (χ1) is 9.69. The number of aromatic amines is 1. The molecule has 1 aromatic carbocycles. The third-order valence-corrected chi connectivity index (χ3v) is 3.83. The van der Waals surface area contributed by atoms with E-state index in [0.29, 0.717) is 0 Å². The molecule has 1 aromatic heterocycles. The summed E-state index contributed by atoms with van der Waals surface area (Å²) in [7, 11) is -3.31. The van der Waals surface area contributed by atoms with Crippen LogP contribution in [0.25, 0.3) is 11.0 Å². The molecule has 0 saturated carbocycles. The molecule has 0 unspecified atom stereocenters. The number of carboxylic acids is 1. The second-order valence-corrected chi connectivity index (χ2v) is 6.84. The van der Waals surface area contributed by atoms with E-state index < -0.39 is 26.9 Å². The van der Waals surface area contributed by atoms with Gasteiger partial charge < -0.3 is 14.7 Å². The van der Waals surface area contributed by atoms with Gasteiger partial charge >= 0.3 is 17.1 Å². The van der Waals surface area contributed by atoms with Crippen LogP contribution in [0.1, 0.15) is 10.4 Å². The summed E-state index contributed by atoms with van der Waals surface area (Å²) in [5.41, 5.74) is -1.43. The van der Waals surface area contributed by atoms with Gasteiger partial charge in [-0.1, -0.05) is 0 Å². The van der Waals surface area contributed by atoms with Gasteiger partial charge in [-0.05, 0) is 18.2 Å². The lowest BCUT2D eigenvalue weighted by atomic mass is 10.2. The molecule has 0 atom stereocenters. The van der Waals surface area contributed by atoms with E-state index in [2.05, 4.69) is 4.98 Å². The number of hydrogen-bond donors (Lipinski definition) is 2. The SMILES string of the molecule is CS(=O)(=O)CCn1c(=O)c(=O)[nH]c2cc(C(=O)O)ccc21. The number of nitrogens with zero attached hydrogens (tertiary/aromatic N) is 1. The maximum absolute atomic E-state index is 11.8. The fourth-order valence-corrected chi connectivity index (χ4v) is 2.41. The molecule has 0 radical (unpaired) electrons. The van der Waals surface area contributed by atoms with Crippen molar-refractivity contribution < 1.29 is 18.3 Å². The normalized spacial score (nSPS) is 11.7. The van der Waals surface area contributed by atoms with Gasteiger partial charge in [0, 0.05) is 12.8 Å². The molecule has 0 bridgehead atoms. The van der Waals surface area contributed by atoms with Crippen LogP contribution in [0.3, 0.4) is 0 Å². The molecule has 0 spiro atoms. The quantitative estimate of drug-likeness (QED) is 0.728. The summed E-state index contributed by atoms with van der Waals surface area (Å²) < 4.78 is 23.4. The van der Waals surface area contributed by atoms with Crippen molar-refractivity contribution in [2.45, 2.75) is 6.54 Å². The van der Waals surface area contributed by atoms with Crippen molar-refractivity contribution in [2.24, 2.45) is 0 Å². The summed E-state index contributed by atoms with van der Waals surface area (Å²) in [6, 6.07) is 3.85. The molecule has 2 rings (SSSR count). The Kier molecular flexibility index (Phi) is 3.69. The van der Waals surface area contributed by atoms with Crippen LogP contribution in [-0.4, -0.2) is 41.1 Å². The van der Waals surface area contributed by atoms with Crippen LogP contribution in [0.4, 0.5) is 0 Å². The molecule has 0 aliphatic rings. The second kappa shape index (κ2) is 5.17. The highest BCUT2D eigenvalue weighted by atomic mass is 32.2. The number of carboxylic acid groups (broad SMARTS) is 1. The number of fused-ring (bicyclic) bond motifs is 1. The van der Waals surface area contributed by atoms with Crippen molar-refractivity contribution in [3.63, 3.8) is 0 Å². The zero-order chi connectivity index (χ0) is 15.8. The Bertz CT molecular complexity index is 938. The first kappa shape index (κ1) is 15.0. The molecule has 2 aromatic rings. The van der Waals surface area contributed by atoms with E-state index in [0.717, 1.165) is 10.8 Å². The zero-order valence-corrected chi connectivity index (χ0v) is 11.8. The van der Waals surface area contributed by atoms with E-state index in [1.54, 1.807) is 0 Å². The van der Waals surface area contributed by atoms with Gasteiger partial charge in [-0.25, -0.2) is 13.2 Å². The van der Waals surface area contributed by atoms with Crippen molar-refractivity contribution in [3.8, 4) is 0 Å². The molecule has 1 heterocycles. The van der Waals surface area contributed by atoms with Crippen molar-refractivity contribution in [1.29, 1.82) is 0 Å². The highest BCUT2D eigenvalue weighted by Crippen LogP contribution is 2.11. The highest BCUT2D eigenvalue weighted by Gasteiger charge is 2.12. The topological polar surface area (TPSA) is 126 Å². The minimum atomic E-state index is -3.31. The lowest BCUT2D eigenvalue weighted by Gasteiger charge is -2.09. The molecule has 2 N–H and O–H groups in total. The van der Waals surface area contributed by atoms with Gasteiger partial charge in [-0.3, -0.25) is 9.59 Å². The summed E-state index contributed by atoms with van der Waals surface area (Å²) in [4.78, 5) is 36.6. The minimum absolute atomic E-state index is 0.0496. The Morgan fingerprint density at radius 1 is 1.33 bits per heavy atom. The summed E-state index contributed by atoms with van der Waals surface area (Å²) in [6.45, 7) is -0.176. The number of H-pyrrole nitrogens is 1. The van der Waals surface area contributed by atoms with Crippen LogP contribution in [0.5, 0.6) is 0 Å². The largest absolute Gasteiger partial charge is 0.478 e. The van der Waals surface area contributed by atoms with Crippen LogP contribution in [-0.2, 0) is 16.4 Å². The zero-order valence-electron chi connectivity index (χ0n) is 11.0. The molecule has 0 amide bonds. The van der Waals surface area contributed by atoms with Crippen molar-refractivity contribution >= 4 is 26.8 Å². The third-order valence-electron chi connectivity index (χ3n) is 2.91. The van der Waals surface area contributed by atoms with E-state index in [-0.39, 0.29) is 28.9 Å². The average Bonchev–Trinajstić information content (AvgIpc) is 2.37. The number of aryl methyl sites for hydroxylation is 1. The molecule has 112 valence electrons. The number of nitrogens with one attached hydrogen (secondary N) is 1. The molecular weight excluding hydrogens is 300 g/mol. The number of carbonyl (C=O) groups is 1. The summed E-state index contributed by atoms with van der Waals surface area (Å²) >= 11 is 0. The molecular formula is C12H12N2O6S.